The van der Waals surface area contributed by atoms with Crippen LogP contribution in [0.5, 0.6) is 0 Å². The molecular weight excluding hydrogens is 346 g/mol. The maximum atomic E-state index is 11.3. The number of carbonyl (C=O) groups excluding carboxylic acids is 1. The lowest BCUT2D eigenvalue weighted by Gasteiger charge is -2.19. The van der Waals surface area contributed by atoms with Crippen molar-refractivity contribution in [3.05, 3.63) is 50.7 Å². The smallest absolute Gasteiger partial charge is 0.224 e. The Morgan fingerprint density at radius 3 is 2.89 bits per heavy atom. The highest BCUT2D eigenvalue weighted by atomic mass is 79.9. The Hall–Kier alpha value is -0.840. The second-order valence-corrected chi connectivity index (χ2v) is 6.73. The van der Waals surface area contributed by atoms with Crippen molar-refractivity contribution in [2.75, 3.05) is 5.32 Å². The number of halogens is 2. The zero-order valence-electron chi connectivity index (χ0n) is 9.95. The van der Waals surface area contributed by atoms with Crippen LogP contribution >= 0.6 is 38.9 Å². The Kier molecular flexibility index (Phi) is 3.65. The number of rotatable bonds is 2. The van der Waals surface area contributed by atoms with Crippen molar-refractivity contribution in [2.45, 2.75) is 17.7 Å². The molecule has 0 spiro atoms. The first-order chi connectivity index (χ1) is 9.15. The normalized spacial score (nSPS) is 15.8. The van der Waals surface area contributed by atoms with Gasteiger partial charge in [0, 0.05) is 17.0 Å². The lowest BCUT2D eigenvalue weighted by Crippen LogP contribution is -2.19. The monoisotopic (exact) mass is 355 g/mol. The van der Waals surface area contributed by atoms with Gasteiger partial charge in [0.25, 0.3) is 0 Å². The quantitative estimate of drug-likeness (QED) is 0.772. The molecule has 0 saturated heterocycles. The Balaban J connectivity index is 1.94. The molecule has 2 nitrogen and oxygen atoms in total. The number of fused-ring (bicyclic) bond motifs is 1. The van der Waals surface area contributed by atoms with Gasteiger partial charge in [-0.25, -0.2) is 0 Å². The van der Waals surface area contributed by atoms with Crippen LogP contribution in [0.2, 0.25) is 5.02 Å². The highest BCUT2D eigenvalue weighted by Gasteiger charge is 2.19. The van der Waals surface area contributed by atoms with Crippen LogP contribution in [0.4, 0.5) is 5.69 Å². The molecule has 1 unspecified atom stereocenters. The lowest BCUT2D eigenvalue weighted by molar-refractivity contribution is -0.116. The van der Waals surface area contributed by atoms with Crippen molar-refractivity contribution >= 4 is 50.5 Å². The van der Waals surface area contributed by atoms with E-state index in [1.807, 2.05) is 23.6 Å². The molecule has 1 aromatic heterocycles. The summed E-state index contributed by atoms with van der Waals surface area (Å²) in [5, 5.41) is 5.67. The molecular formula is C14H11BrClNOS. The highest BCUT2D eigenvalue weighted by molar-refractivity contribution is 9.09. The molecule has 1 atom stereocenters. The topological polar surface area (TPSA) is 29.1 Å². The van der Waals surface area contributed by atoms with E-state index in [0.717, 1.165) is 22.0 Å². The molecule has 0 saturated carbocycles. The van der Waals surface area contributed by atoms with Crippen LogP contribution in [0.3, 0.4) is 0 Å². The fourth-order valence-electron chi connectivity index (χ4n) is 2.20. The minimum absolute atomic E-state index is 0.0944. The van der Waals surface area contributed by atoms with Gasteiger partial charge in [0.05, 0.1) is 9.85 Å². The predicted octanol–water partition coefficient (Wildman–Crippen LogP) is 4.77. The second kappa shape index (κ2) is 5.27. The predicted molar refractivity (Wildman–Crippen MR) is 83.5 cm³/mol. The van der Waals surface area contributed by atoms with Crippen LogP contribution in [0.25, 0.3) is 0 Å². The summed E-state index contributed by atoms with van der Waals surface area (Å²) in [5.74, 6) is 0.0944. The zero-order chi connectivity index (χ0) is 13.4. The fraction of sp³-hybridized carbons (Fsp3) is 0.214. The highest BCUT2D eigenvalue weighted by Crippen LogP contribution is 2.40. The molecule has 19 heavy (non-hydrogen) atoms. The molecule has 0 fully saturated rings. The van der Waals surface area contributed by atoms with Crippen molar-refractivity contribution in [2.24, 2.45) is 0 Å². The largest absolute Gasteiger partial charge is 0.326 e. The van der Waals surface area contributed by atoms with Crippen LogP contribution in [0.15, 0.2) is 29.6 Å². The van der Waals surface area contributed by atoms with Gasteiger partial charge in [0.1, 0.15) is 0 Å². The van der Waals surface area contributed by atoms with Gasteiger partial charge in [0.2, 0.25) is 5.91 Å². The first kappa shape index (κ1) is 13.2. The van der Waals surface area contributed by atoms with E-state index in [-0.39, 0.29) is 10.7 Å². The number of thiophene rings is 1. The van der Waals surface area contributed by atoms with Crippen molar-refractivity contribution in [3.8, 4) is 0 Å². The number of anilines is 1. The molecule has 2 heterocycles. The Morgan fingerprint density at radius 2 is 2.16 bits per heavy atom. The third kappa shape index (κ3) is 2.57. The van der Waals surface area contributed by atoms with Gasteiger partial charge in [-0.1, -0.05) is 39.7 Å². The van der Waals surface area contributed by atoms with Gasteiger partial charge >= 0.3 is 0 Å². The standard InChI is InChI=1S/C14H11BrClNOS/c15-13(14-10(16)5-6-19-14)9-1-3-11-8(7-9)2-4-12(18)17-11/h1,3,5-7,13H,2,4H2,(H,17,18). The zero-order valence-corrected chi connectivity index (χ0v) is 13.1. The number of nitrogens with one attached hydrogen (secondary N) is 1. The number of carbonyl (C=O) groups is 1. The molecule has 98 valence electrons. The third-order valence-electron chi connectivity index (χ3n) is 3.19. The summed E-state index contributed by atoms with van der Waals surface area (Å²) in [7, 11) is 0. The molecule has 0 radical (unpaired) electrons. The van der Waals surface area contributed by atoms with Gasteiger partial charge in [-0.15, -0.1) is 11.3 Å². The van der Waals surface area contributed by atoms with Crippen LogP contribution < -0.4 is 5.32 Å². The summed E-state index contributed by atoms with van der Waals surface area (Å²) < 4.78 is 0. The molecule has 1 amide bonds. The maximum Gasteiger partial charge on any atom is 0.224 e. The first-order valence-electron chi connectivity index (χ1n) is 5.95. The summed E-state index contributed by atoms with van der Waals surface area (Å²) in [6.45, 7) is 0. The Labute approximate surface area is 128 Å². The average Bonchev–Trinajstić information content (AvgIpc) is 2.83. The second-order valence-electron chi connectivity index (χ2n) is 4.46. The Bertz CT molecular complexity index is 640. The molecule has 1 aliphatic rings. The molecule has 1 aromatic carbocycles. The van der Waals surface area contributed by atoms with Crippen molar-refractivity contribution in [1.82, 2.24) is 0 Å². The van der Waals surface area contributed by atoms with E-state index >= 15 is 0 Å². The summed E-state index contributed by atoms with van der Waals surface area (Å²) in [4.78, 5) is 12.6. The molecule has 0 aliphatic carbocycles. The summed E-state index contributed by atoms with van der Waals surface area (Å²) in [6.07, 6.45) is 1.36. The van der Waals surface area contributed by atoms with E-state index in [0.29, 0.717) is 6.42 Å². The minimum atomic E-state index is 0.0944. The Morgan fingerprint density at radius 1 is 1.32 bits per heavy atom. The minimum Gasteiger partial charge on any atom is -0.326 e. The summed E-state index contributed by atoms with van der Waals surface area (Å²) in [5.41, 5.74) is 3.28. The fourth-order valence-corrected chi connectivity index (χ4v) is 4.35. The van der Waals surface area contributed by atoms with Crippen molar-refractivity contribution < 1.29 is 4.79 Å². The van der Waals surface area contributed by atoms with Gasteiger partial charge in [-0.3, -0.25) is 4.79 Å². The number of benzene rings is 1. The lowest BCUT2D eigenvalue weighted by atomic mass is 9.99. The average molecular weight is 357 g/mol. The van der Waals surface area contributed by atoms with Crippen LogP contribution in [-0.4, -0.2) is 5.91 Å². The number of aryl methyl sites for hydroxylation is 1. The number of hydrogen-bond donors (Lipinski definition) is 1. The van der Waals surface area contributed by atoms with Gasteiger partial charge in [-0.05, 0) is 35.1 Å². The SMILES string of the molecule is O=C1CCc2cc(C(Br)c3sccc3Cl)ccc2N1. The number of alkyl halides is 1. The van der Waals surface area contributed by atoms with E-state index in [1.165, 1.54) is 11.1 Å². The van der Waals surface area contributed by atoms with Crippen LogP contribution in [0.1, 0.15) is 27.3 Å². The van der Waals surface area contributed by atoms with Gasteiger partial charge in [0.15, 0.2) is 0 Å². The molecule has 0 bridgehead atoms. The molecule has 5 heteroatoms. The summed E-state index contributed by atoms with van der Waals surface area (Å²) >= 11 is 11.5. The van der Waals surface area contributed by atoms with E-state index in [4.69, 9.17) is 11.6 Å². The van der Waals surface area contributed by atoms with Crippen molar-refractivity contribution in [1.29, 1.82) is 0 Å². The van der Waals surface area contributed by atoms with E-state index in [2.05, 4.69) is 27.3 Å². The van der Waals surface area contributed by atoms with Gasteiger partial charge in [-0.2, -0.15) is 0 Å². The van der Waals surface area contributed by atoms with Crippen molar-refractivity contribution in [3.63, 3.8) is 0 Å². The maximum absolute atomic E-state index is 11.3. The number of amides is 1. The molecule has 1 N–H and O–H groups in total. The number of hydrogen-bond acceptors (Lipinski definition) is 2. The van der Waals surface area contributed by atoms with Gasteiger partial charge < -0.3 is 5.32 Å². The van der Waals surface area contributed by atoms with E-state index in [1.54, 1.807) is 11.3 Å². The third-order valence-corrected chi connectivity index (χ3v) is 5.91. The van der Waals surface area contributed by atoms with Crippen LogP contribution in [-0.2, 0) is 11.2 Å². The molecule has 3 rings (SSSR count). The molecule has 2 aromatic rings. The summed E-state index contributed by atoms with van der Waals surface area (Å²) in [6, 6.07) is 8.05. The first-order valence-corrected chi connectivity index (χ1v) is 8.12. The van der Waals surface area contributed by atoms with E-state index in [9.17, 15) is 4.79 Å². The molecule has 1 aliphatic heterocycles. The van der Waals surface area contributed by atoms with Crippen LogP contribution in [0, 0.1) is 0 Å². The van der Waals surface area contributed by atoms with E-state index < -0.39 is 0 Å².